The molecule has 4 heteroatoms. The number of hydrogen-bond donors (Lipinski definition) is 1. The maximum Gasteiger partial charge on any atom is 0.244 e. The van der Waals surface area contributed by atoms with Gasteiger partial charge in [0.25, 0.3) is 0 Å². The van der Waals surface area contributed by atoms with Gasteiger partial charge in [0.2, 0.25) is 5.91 Å². The first-order valence-electron chi connectivity index (χ1n) is 9.30. The van der Waals surface area contributed by atoms with E-state index >= 15 is 0 Å². The molecule has 1 fully saturated rings. The summed E-state index contributed by atoms with van der Waals surface area (Å²) in [5.41, 5.74) is 1.87. The molecule has 1 aromatic heterocycles. The predicted octanol–water partition coefficient (Wildman–Crippen LogP) is 4.37. The molecule has 0 saturated heterocycles. The summed E-state index contributed by atoms with van der Waals surface area (Å²) < 4.78 is 5.72. The molecule has 3 rings (SSSR count). The van der Waals surface area contributed by atoms with Crippen LogP contribution in [0, 0.1) is 5.92 Å². The maximum atomic E-state index is 12.1. The molecule has 1 N–H and O–H groups in total. The zero-order valence-corrected chi connectivity index (χ0v) is 15.2. The molecule has 0 radical (unpaired) electrons. The molecule has 1 aliphatic rings. The first-order chi connectivity index (χ1) is 12.7. The highest BCUT2D eigenvalue weighted by atomic mass is 16.5. The van der Waals surface area contributed by atoms with Gasteiger partial charge in [0.15, 0.2) is 0 Å². The quantitative estimate of drug-likeness (QED) is 0.787. The van der Waals surface area contributed by atoms with Crippen LogP contribution in [-0.4, -0.2) is 16.9 Å². The average molecular weight is 350 g/mol. The number of carbonyl (C=O) groups is 1. The zero-order chi connectivity index (χ0) is 18.2. The summed E-state index contributed by atoms with van der Waals surface area (Å²) in [5, 5.41) is 3.10. The van der Waals surface area contributed by atoms with Gasteiger partial charge in [0.05, 0.1) is 5.69 Å². The number of ether oxygens (including phenoxy) is 1. The van der Waals surface area contributed by atoms with Crippen molar-refractivity contribution in [3.05, 3.63) is 66.0 Å². The third-order valence-corrected chi connectivity index (χ3v) is 4.78. The lowest BCUT2D eigenvalue weighted by Crippen LogP contribution is -2.36. The van der Waals surface area contributed by atoms with Gasteiger partial charge in [-0.05, 0) is 67.5 Å². The van der Waals surface area contributed by atoms with Gasteiger partial charge in [-0.2, -0.15) is 0 Å². The Hall–Kier alpha value is -2.62. The van der Waals surface area contributed by atoms with E-state index < -0.39 is 0 Å². The van der Waals surface area contributed by atoms with Crippen molar-refractivity contribution in [2.45, 2.75) is 45.3 Å². The second kappa shape index (κ2) is 9.18. The van der Waals surface area contributed by atoms with Gasteiger partial charge in [-0.3, -0.25) is 9.78 Å². The largest absolute Gasteiger partial charge is 0.487 e. The van der Waals surface area contributed by atoms with Crippen LogP contribution in [0.5, 0.6) is 5.75 Å². The van der Waals surface area contributed by atoms with Crippen molar-refractivity contribution in [1.29, 1.82) is 0 Å². The Morgan fingerprint density at radius 3 is 2.62 bits per heavy atom. The lowest BCUT2D eigenvalue weighted by molar-refractivity contribution is -0.117. The summed E-state index contributed by atoms with van der Waals surface area (Å²) >= 11 is 0. The topological polar surface area (TPSA) is 51.2 Å². The molecule has 136 valence electrons. The van der Waals surface area contributed by atoms with E-state index in [9.17, 15) is 4.79 Å². The molecule has 0 bridgehead atoms. The maximum absolute atomic E-state index is 12.1. The summed E-state index contributed by atoms with van der Waals surface area (Å²) in [6.07, 6.45) is 9.78. The fraction of sp³-hybridized carbons (Fsp3) is 0.364. The van der Waals surface area contributed by atoms with E-state index in [1.807, 2.05) is 48.5 Å². The van der Waals surface area contributed by atoms with Crippen LogP contribution < -0.4 is 10.1 Å². The Morgan fingerprint density at radius 1 is 1.15 bits per heavy atom. The van der Waals surface area contributed by atoms with Gasteiger partial charge in [-0.15, -0.1) is 0 Å². The molecule has 1 heterocycles. The number of amides is 1. The summed E-state index contributed by atoms with van der Waals surface area (Å²) in [6.45, 7) is 2.72. The number of pyridine rings is 1. The van der Waals surface area contributed by atoms with E-state index in [0.717, 1.165) is 35.8 Å². The Labute approximate surface area is 155 Å². The van der Waals surface area contributed by atoms with Crippen LogP contribution in [-0.2, 0) is 11.4 Å². The highest BCUT2D eigenvalue weighted by Crippen LogP contribution is 2.23. The highest BCUT2D eigenvalue weighted by molar-refractivity contribution is 5.91. The molecule has 1 saturated carbocycles. The van der Waals surface area contributed by atoms with Crippen molar-refractivity contribution >= 4 is 12.0 Å². The number of nitrogens with zero attached hydrogens (tertiary/aromatic N) is 1. The fourth-order valence-corrected chi connectivity index (χ4v) is 3.14. The predicted molar refractivity (Wildman–Crippen MR) is 104 cm³/mol. The molecule has 4 nitrogen and oxygen atoms in total. The summed E-state index contributed by atoms with van der Waals surface area (Å²) in [5.74, 6) is 1.56. The monoisotopic (exact) mass is 350 g/mol. The first-order valence-corrected chi connectivity index (χ1v) is 9.30. The Balaban J connectivity index is 1.45. The molecule has 1 amide bonds. The molecule has 0 atom stereocenters. The zero-order valence-electron chi connectivity index (χ0n) is 15.2. The van der Waals surface area contributed by atoms with Crippen molar-refractivity contribution in [2.24, 2.45) is 5.92 Å². The average Bonchev–Trinajstić information content (AvgIpc) is 2.68. The first kappa shape index (κ1) is 18.2. The third-order valence-electron chi connectivity index (χ3n) is 4.78. The van der Waals surface area contributed by atoms with Crippen LogP contribution in [0.25, 0.3) is 6.08 Å². The van der Waals surface area contributed by atoms with Crippen LogP contribution in [0.4, 0.5) is 0 Å². The minimum atomic E-state index is -0.0139. The van der Waals surface area contributed by atoms with Crippen LogP contribution in [0.2, 0.25) is 0 Å². The lowest BCUT2D eigenvalue weighted by Gasteiger charge is -2.26. The Morgan fingerprint density at radius 2 is 1.92 bits per heavy atom. The van der Waals surface area contributed by atoms with Gasteiger partial charge >= 0.3 is 0 Å². The van der Waals surface area contributed by atoms with Crippen molar-refractivity contribution in [1.82, 2.24) is 10.3 Å². The fourth-order valence-electron chi connectivity index (χ4n) is 3.14. The van der Waals surface area contributed by atoms with Crippen LogP contribution in [0.15, 0.2) is 54.7 Å². The smallest absolute Gasteiger partial charge is 0.244 e. The minimum Gasteiger partial charge on any atom is -0.487 e. The number of hydrogen-bond acceptors (Lipinski definition) is 3. The van der Waals surface area contributed by atoms with E-state index in [1.165, 1.54) is 12.8 Å². The Bertz CT molecular complexity index is 718. The van der Waals surface area contributed by atoms with Crippen LogP contribution >= 0.6 is 0 Å². The third kappa shape index (κ3) is 5.73. The van der Waals surface area contributed by atoms with Gasteiger partial charge in [0.1, 0.15) is 12.4 Å². The highest BCUT2D eigenvalue weighted by Gasteiger charge is 2.18. The van der Waals surface area contributed by atoms with Crippen molar-refractivity contribution in [3.63, 3.8) is 0 Å². The number of benzene rings is 1. The standard InChI is InChI=1S/C22H26N2O2/c1-17-5-10-19(11-6-17)24-22(25)14-9-18-7-12-21(13-8-18)26-16-20-4-2-3-15-23-20/h2-4,7-9,12-15,17,19H,5-6,10-11,16H2,1H3,(H,24,25)/b14-9+. The molecule has 0 unspecified atom stereocenters. The van der Waals surface area contributed by atoms with Gasteiger partial charge in [-0.1, -0.05) is 25.1 Å². The van der Waals surface area contributed by atoms with Crippen molar-refractivity contribution in [3.8, 4) is 5.75 Å². The molecule has 0 aliphatic heterocycles. The van der Waals surface area contributed by atoms with E-state index in [4.69, 9.17) is 4.74 Å². The second-order valence-corrected chi connectivity index (χ2v) is 6.98. The molecule has 26 heavy (non-hydrogen) atoms. The molecule has 0 spiro atoms. The van der Waals surface area contributed by atoms with E-state index in [2.05, 4.69) is 17.2 Å². The minimum absolute atomic E-state index is 0.0139. The van der Waals surface area contributed by atoms with E-state index in [0.29, 0.717) is 12.6 Å². The van der Waals surface area contributed by atoms with Crippen molar-refractivity contribution < 1.29 is 9.53 Å². The van der Waals surface area contributed by atoms with Gasteiger partial charge < -0.3 is 10.1 Å². The van der Waals surface area contributed by atoms with Gasteiger partial charge in [-0.25, -0.2) is 0 Å². The molecular weight excluding hydrogens is 324 g/mol. The molecular formula is C22H26N2O2. The number of nitrogens with one attached hydrogen (secondary N) is 1. The summed E-state index contributed by atoms with van der Waals surface area (Å²) in [4.78, 5) is 16.3. The molecule has 1 aromatic carbocycles. The van der Waals surface area contributed by atoms with E-state index in [1.54, 1.807) is 12.3 Å². The molecule has 1 aliphatic carbocycles. The van der Waals surface area contributed by atoms with Gasteiger partial charge in [0, 0.05) is 18.3 Å². The van der Waals surface area contributed by atoms with Crippen LogP contribution in [0.3, 0.4) is 0 Å². The summed E-state index contributed by atoms with van der Waals surface area (Å²) in [6, 6.07) is 13.8. The van der Waals surface area contributed by atoms with E-state index in [-0.39, 0.29) is 5.91 Å². The molecule has 2 aromatic rings. The normalized spacial score (nSPS) is 20.0. The van der Waals surface area contributed by atoms with Crippen molar-refractivity contribution in [2.75, 3.05) is 0 Å². The SMILES string of the molecule is CC1CCC(NC(=O)/C=C/c2ccc(OCc3ccccn3)cc2)CC1. The lowest BCUT2D eigenvalue weighted by atomic mass is 9.87. The number of carbonyl (C=O) groups excluding carboxylic acids is 1. The Kier molecular flexibility index (Phi) is 6.42. The number of rotatable bonds is 6. The number of aromatic nitrogens is 1. The second-order valence-electron chi connectivity index (χ2n) is 6.98. The van der Waals surface area contributed by atoms with Crippen LogP contribution in [0.1, 0.15) is 43.9 Å². The summed E-state index contributed by atoms with van der Waals surface area (Å²) in [7, 11) is 0.